The van der Waals surface area contributed by atoms with Gasteiger partial charge in [0, 0.05) is 30.7 Å². The van der Waals surface area contributed by atoms with Gasteiger partial charge in [0.15, 0.2) is 15.7 Å². The molecule has 0 unspecified atom stereocenters. The van der Waals surface area contributed by atoms with Crippen LogP contribution in [0.5, 0.6) is 0 Å². The number of pyridine rings is 1. The van der Waals surface area contributed by atoms with Crippen LogP contribution < -0.4 is 11.1 Å². The SMILES string of the molecule is NC(=O)CS(=O)(=O)c1ccc(C(=O)NCc2ccnc(-n3cccn3)c2)cc1. The van der Waals surface area contributed by atoms with E-state index in [1.54, 1.807) is 41.5 Å². The van der Waals surface area contributed by atoms with E-state index >= 15 is 0 Å². The van der Waals surface area contributed by atoms with Crippen molar-refractivity contribution in [2.45, 2.75) is 11.4 Å². The van der Waals surface area contributed by atoms with Crippen LogP contribution in [-0.4, -0.2) is 40.7 Å². The first kappa shape index (κ1) is 19.2. The first-order valence-corrected chi connectivity index (χ1v) is 9.85. The Bertz CT molecular complexity index is 1090. The van der Waals surface area contributed by atoms with Crippen LogP contribution in [0.25, 0.3) is 5.82 Å². The summed E-state index contributed by atoms with van der Waals surface area (Å²) in [6.45, 7) is 0.261. The second-order valence-electron chi connectivity index (χ2n) is 5.91. The summed E-state index contributed by atoms with van der Waals surface area (Å²) in [6.07, 6.45) is 5.03. The second-order valence-corrected chi connectivity index (χ2v) is 7.89. The normalized spacial score (nSPS) is 11.1. The van der Waals surface area contributed by atoms with E-state index in [0.717, 1.165) is 5.56 Å². The molecule has 0 spiro atoms. The highest BCUT2D eigenvalue weighted by Gasteiger charge is 2.18. The van der Waals surface area contributed by atoms with Crippen molar-refractivity contribution in [1.29, 1.82) is 0 Å². The van der Waals surface area contributed by atoms with Gasteiger partial charge in [-0.25, -0.2) is 18.1 Å². The Morgan fingerprint density at radius 1 is 1.11 bits per heavy atom. The lowest BCUT2D eigenvalue weighted by molar-refractivity contribution is -0.115. The summed E-state index contributed by atoms with van der Waals surface area (Å²) >= 11 is 0. The molecule has 2 amide bonds. The molecule has 0 fully saturated rings. The number of aromatic nitrogens is 3. The van der Waals surface area contributed by atoms with Gasteiger partial charge in [-0.1, -0.05) is 0 Å². The number of carbonyl (C=O) groups excluding carboxylic acids is 2. The van der Waals surface area contributed by atoms with E-state index in [1.807, 2.05) is 0 Å². The largest absolute Gasteiger partial charge is 0.369 e. The number of hydrogen-bond donors (Lipinski definition) is 2. The molecule has 9 nitrogen and oxygen atoms in total. The Labute approximate surface area is 161 Å². The second kappa shape index (κ2) is 8.01. The number of rotatable bonds is 7. The van der Waals surface area contributed by atoms with Crippen LogP contribution in [0.1, 0.15) is 15.9 Å². The van der Waals surface area contributed by atoms with E-state index in [9.17, 15) is 18.0 Å². The van der Waals surface area contributed by atoms with Crippen molar-refractivity contribution < 1.29 is 18.0 Å². The Balaban J connectivity index is 1.66. The number of amides is 2. The quantitative estimate of drug-likeness (QED) is 0.592. The molecule has 2 aromatic heterocycles. The highest BCUT2D eigenvalue weighted by atomic mass is 32.2. The number of sulfone groups is 1. The summed E-state index contributed by atoms with van der Waals surface area (Å²) in [5, 5.41) is 6.86. The number of hydrogen-bond acceptors (Lipinski definition) is 6. The number of benzene rings is 1. The van der Waals surface area contributed by atoms with Gasteiger partial charge >= 0.3 is 0 Å². The summed E-state index contributed by atoms with van der Waals surface area (Å²) < 4.78 is 25.5. The van der Waals surface area contributed by atoms with Crippen LogP contribution in [-0.2, 0) is 21.2 Å². The third-order valence-corrected chi connectivity index (χ3v) is 5.46. The van der Waals surface area contributed by atoms with Crippen LogP contribution in [0, 0.1) is 0 Å². The van der Waals surface area contributed by atoms with Gasteiger partial charge in [0.2, 0.25) is 5.91 Å². The average Bonchev–Trinajstić information content (AvgIpc) is 3.20. The minimum Gasteiger partial charge on any atom is -0.369 e. The zero-order valence-electron chi connectivity index (χ0n) is 14.6. The summed E-state index contributed by atoms with van der Waals surface area (Å²) in [5.74, 6) is -1.45. The predicted octanol–water partition coefficient (Wildman–Crippen LogP) is 0.456. The van der Waals surface area contributed by atoms with Gasteiger partial charge in [0.25, 0.3) is 5.91 Å². The van der Waals surface area contributed by atoms with Gasteiger partial charge < -0.3 is 11.1 Å². The van der Waals surface area contributed by atoms with Crippen molar-refractivity contribution >= 4 is 21.7 Å². The zero-order valence-corrected chi connectivity index (χ0v) is 15.5. The molecule has 0 bridgehead atoms. The molecule has 3 rings (SSSR count). The van der Waals surface area contributed by atoms with E-state index in [-0.39, 0.29) is 17.3 Å². The Morgan fingerprint density at radius 2 is 1.86 bits per heavy atom. The maximum Gasteiger partial charge on any atom is 0.251 e. The van der Waals surface area contributed by atoms with E-state index in [2.05, 4.69) is 15.4 Å². The molecule has 0 aliphatic carbocycles. The predicted molar refractivity (Wildman–Crippen MR) is 100 cm³/mol. The maximum absolute atomic E-state index is 12.3. The number of nitrogens with zero attached hydrogens (tertiary/aromatic N) is 3. The first-order chi connectivity index (χ1) is 13.3. The van der Waals surface area contributed by atoms with Crippen LogP contribution in [0.3, 0.4) is 0 Å². The molecule has 0 saturated heterocycles. The van der Waals surface area contributed by atoms with Gasteiger partial charge in [0.1, 0.15) is 5.75 Å². The molecular weight excluding hydrogens is 382 g/mol. The molecule has 1 aromatic carbocycles. The van der Waals surface area contributed by atoms with Gasteiger partial charge in [-0.3, -0.25) is 9.59 Å². The molecule has 0 aliphatic heterocycles. The van der Waals surface area contributed by atoms with Gasteiger partial charge in [-0.05, 0) is 48.0 Å². The molecule has 10 heteroatoms. The van der Waals surface area contributed by atoms with Crippen molar-refractivity contribution in [1.82, 2.24) is 20.1 Å². The summed E-state index contributed by atoms with van der Waals surface area (Å²) in [4.78, 5) is 27.3. The first-order valence-electron chi connectivity index (χ1n) is 8.19. The molecule has 144 valence electrons. The number of primary amides is 1. The summed E-state index contributed by atoms with van der Waals surface area (Å²) in [6, 6.07) is 10.7. The van der Waals surface area contributed by atoms with Crippen LogP contribution >= 0.6 is 0 Å². The van der Waals surface area contributed by atoms with Crippen molar-refractivity contribution in [2.24, 2.45) is 5.73 Å². The van der Waals surface area contributed by atoms with Gasteiger partial charge in [-0.15, -0.1) is 0 Å². The number of nitrogens with two attached hydrogens (primary N) is 1. The third kappa shape index (κ3) is 4.60. The van der Waals surface area contributed by atoms with Crippen LogP contribution in [0.2, 0.25) is 0 Å². The lowest BCUT2D eigenvalue weighted by atomic mass is 10.2. The molecule has 3 N–H and O–H groups in total. The van der Waals surface area contributed by atoms with Gasteiger partial charge in [0.05, 0.1) is 4.90 Å². The lowest BCUT2D eigenvalue weighted by Gasteiger charge is -2.08. The zero-order chi connectivity index (χ0) is 20.1. The molecule has 3 aromatic rings. The summed E-state index contributed by atoms with van der Waals surface area (Å²) in [5.41, 5.74) is 6.06. The third-order valence-electron chi connectivity index (χ3n) is 3.81. The Kier molecular flexibility index (Phi) is 5.50. The lowest BCUT2D eigenvalue weighted by Crippen LogP contribution is -2.24. The molecule has 0 aliphatic rings. The Hall–Kier alpha value is -3.53. The van der Waals surface area contributed by atoms with Crippen LogP contribution in [0.15, 0.2) is 66.0 Å². The van der Waals surface area contributed by atoms with E-state index in [1.165, 1.54) is 24.3 Å². The number of nitrogens with one attached hydrogen (secondary N) is 1. The summed E-state index contributed by atoms with van der Waals surface area (Å²) in [7, 11) is -3.81. The fraction of sp³-hybridized carbons (Fsp3) is 0.111. The minimum absolute atomic E-state index is 0.0687. The highest BCUT2D eigenvalue weighted by molar-refractivity contribution is 7.92. The molecule has 28 heavy (non-hydrogen) atoms. The maximum atomic E-state index is 12.3. The monoisotopic (exact) mass is 399 g/mol. The van der Waals surface area contributed by atoms with Crippen molar-refractivity contribution in [3.63, 3.8) is 0 Å². The molecular formula is C18H17N5O4S. The van der Waals surface area contributed by atoms with E-state index in [0.29, 0.717) is 11.4 Å². The van der Waals surface area contributed by atoms with Gasteiger partial charge in [-0.2, -0.15) is 5.10 Å². The van der Waals surface area contributed by atoms with Crippen molar-refractivity contribution in [3.8, 4) is 5.82 Å². The Morgan fingerprint density at radius 3 is 2.50 bits per heavy atom. The van der Waals surface area contributed by atoms with Crippen molar-refractivity contribution in [3.05, 3.63) is 72.2 Å². The highest BCUT2D eigenvalue weighted by Crippen LogP contribution is 2.13. The smallest absolute Gasteiger partial charge is 0.251 e. The standard InChI is InChI=1S/C18H17N5O4S/c19-16(24)12-28(26,27)15-4-2-14(3-5-15)18(25)21-11-13-6-8-20-17(10-13)23-9-1-7-22-23/h1-10H,11-12H2,(H2,19,24)(H,21,25). The van der Waals surface area contributed by atoms with E-state index < -0.39 is 21.5 Å². The van der Waals surface area contributed by atoms with Crippen LogP contribution in [0.4, 0.5) is 0 Å². The minimum atomic E-state index is -3.81. The molecule has 2 heterocycles. The molecule has 0 atom stereocenters. The van der Waals surface area contributed by atoms with Crippen molar-refractivity contribution in [2.75, 3.05) is 5.75 Å². The molecule has 0 radical (unpaired) electrons. The average molecular weight is 399 g/mol. The number of carbonyl (C=O) groups is 2. The fourth-order valence-electron chi connectivity index (χ4n) is 2.47. The fourth-order valence-corrected chi connectivity index (χ4v) is 3.56. The van der Waals surface area contributed by atoms with E-state index in [4.69, 9.17) is 5.73 Å². The molecule has 0 saturated carbocycles. The topological polar surface area (TPSA) is 137 Å².